The number of aliphatic carboxylic acids is 1. The van der Waals surface area contributed by atoms with E-state index in [4.69, 9.17) is 5.11 Å². The first-order valence-electron chi connectivity index (χ1n) is 6.59. The number of carbonyl (C=O) groups excluding carboxylic acids is 1. The number of carboxylic acids is 1. The Balaban J connectivity index is 2.80. The van der Waals surface area contributed by atoms with Crippen LogP contribution in [0.2, 0.25) is 0 Å². The minimum absolute atomic E-state index is 0.147. The lowest BCUT2D eigenvalue weighted by molar-refractivity contribution is -0.142. The molecule has 0 aromatic carbocycles. The largest absolute Gasteiger partial charge is 0.480 e. The van der Waals surface area contributed by atoms with Crippen molar-refractivity contribution in [3.05, 3.63) is 0 Å². The molecule has 0 radical (unpaired) electrons. The van der Waals surface area contributed by atoms with Crippen molar-refractivity contribution < 1.29 is 23.1 Å². The molecule has 0 spiro atoms. The molecule has 9 heteroatoms. The van der Waals surface area contributed by atoms with E-state index in [1.807, 2.05) is 0 Å². The van der Waals surface area contributed by atoms with Crippen molar-refractivity contribution in [2.24, 2.45) is 0 Å². The van der Waals surface area contributed by atoms with Gasteiger partial charge in [0, 0.05) is 13.1 Å². The standard InChI is InChI=1S/C11H21N3O5S/c1-3-12-10(15)8(2)13-20(18,19)14-7-5-4-6-9(14)11(16)17/h8-9,13H,3-7H2,1-2H3,(H,12,15)(H,16,17). The van der Waals surface area contributed by atoms with Crippen LogP contribution in [0.5, 0.6) is 0 Å². The van der Waals surface area contributed by atoms with Crippen molar-refractivity contribution in [2.45, 2.75) is 45.2 Å². The Kier molecular flexibility index (Phi) is 5.90. The molecular formula is C11H21N3O5S. The zero-order chi connectivity index (χ0) is 15.3. The molecule has 0 aliphatic carbocycles. The van der Waals surface area contributed by atoms with Crippen LogP contribution < -0.4 is 10.0 Å². The van der Waals surface area contributed by atoms with Crippen molar-refractivity contribution in [1.82, 2.24) is 14.3 Å². The maximum atomic E-state index is 12.2. The third kappa shape index (κ3) is 4.15. The number of carbonyl (C=O) groups is 2. The topological polar surface area (TPSA) is 116 Å². The fourth-order valence-electron chi connectivity index (χ4n) is 2.11. The van der Waals surface area contributed by atoms with Gasteiger partial charge in [0.1, 0.15) is 6.04 Å². The highest BCUT2D eigenvalue weighted by Gasteiger charge is 2.37. The second-order valence-electron chi connectivity index (χ2n) is 4.70. The van der Waals surface area contributed by atoms with E-state index in [1.165, 1.54) is 6.92 Å². The molecule has 116 valence electrons. The van der Waals surface area contributed by atoms with E-state index < -0.39 is 34.2 Å². The lowest BCUT2D eigenvalue weighted by Gasteiger charge is -2.32. The molecule has 1 amide bonds. The number of nitrogens with zero attached hydrogens (tertiary/aromatic N) is 1. The van der Waals surface area contributed by atoms with E-state index in [0.29, 0.717) is 19.4 Å². The van der Waals surface area contributed by atoms with Crippen LogP contribution in [0.1, 0.15) is 33.1 Å². The zero-order valence-electron chi connectivity index (χ0n) is 11.6. The molecule has 8 nitrogen and oxygen atoms in total. The van der Waals surface area contributed by atoms with Gasteiger partial charge in [-0.1, -0.05) is 0 Å². The third-order valence-corrected chi connectivity index (χ3v) is 4.82. The number of piperidine rings is 1. The molecule has 0 aromatic rings. The molecule has 2 atom stereocenters. The Morgan fingerprint density at radius 2 is 2.05 bits per heavy atom. The molecule has 1 saturated heterocycles. The summed E-state index contributed by atoms with van der Waals surface area (Å²) in [6.45, 7) is 3.69. The van der Waals surface area contributed by atoms with Crippen molar-refractivity contribution in [2.75, 3.05) is 13.1 Å². The van der Waals surface area contributed by atoms with E-state index >= 15 is 0 Å². The van der Waals surface area contributed by atoms with Crippen LogP contribution in [0.3, 0.4) is 0 Å². The summed E-state index contributed by atoms with van der Waals surface area (Å²) in [6.07, 6.45) is 1.57. The Morgan fingerprint density at radius 3 is 2.60 bits per heavy atom. The second-order valence-corrected chi connectivity index (χ2v) is 6.35. The molecule has 1 fully saturated rings. The summed E-state index contributed by atoms with van der Waals surface area (Å²) in [6, 6.07) is -2.01. The summed E-state index contributed by atoms with van der Waals surface area (Å²) in [5.41, 5.74) is 0. The van der Waals surface area contributed by atoms with E-state index in [2.05, 4.69) is 10.0 Å². The van der Waals surface area contributed by atoms with Gasteiger partial charge in [0.05, 0.1) is 6.04 Å². The highest BCUT2D eigenvalue weighted by molar-refractivity contribution is 7.87. The van der Waals surface area contributed by atoms with Crippen LogP contribution in [-0.2, 0) is 19.8 Å². The quantitative estimate of drug-likeness (QED) is 0.599. The summed E-state index contributed by atoms with van der Waals surface area (Å²) in [4.78, 5) is 22.7. The molecular weight excluding hydrogens is 286 g/mol. The highest BCUT2D eigenvalue weighted by Crippen LogP contribution is 2.20. The summed E-state index contributed by atoms with van der Waals surface area (Å²) >= 11 is 0. The second kappa shape index (κ2) is 7.00. The van der Waals surface area contributed by atoms with Crippen molar-refractivity contribution in [3.8, 4) is 0 Å². The number of carboxylic acid groups (broad SMARTS) is 1. The minimum atomic E-state index is -4.00. The first-order valence-corrected chi connectivity index (χ1v) is 8.03. The fourth-order valence-corrected chi connectivity index (χ4v) is 3.70. The van der Waals surface area contributed by atoms with Crippen LogP contribution in [0.15, 0.2) is 0 Å². The van der Waals surface area contributed by atoms with E-state index in [-0.39, 0.29) is 13.0 Å². The molecule has 20 heavy (non-hydrogen) atoms. The first kappa shape index (κ1) is 16.9. The summed E-state index contributed by atoms with van der Waals surface area (Å²) in [5, 5.41) is 11.6. The van der Waals surface area contributed by atoms with Gasteiger partial charge in [-0.15, -0.1) is 0 Å². The Bertz CT molecular complexity index is 465. The van der Waals surface area contributed by atoms with Gasteiger partial charge in [0.25, 0.3) is 10.2 Å². The van der Waals surface area contributed by atoms with Gasteiger partial charge in [0.15, 0.2) is 0 Å². The smallest absolute Gasteiger partial charge is 0.322 e. The van der Waals surface area contributed by atoms with E-state index in [0.717, 1.165) is 4.31 Å². The normalized spacial score (nSPS) is 22.2. The predicted molar refractivity (Wildman–Crippen MR) is 72.2 cm³/mol. The fraction of sp³-hybridized carbons (Fsp3) is 0.818. The molecule has 0 aromatic heterocycles. The maximum absolute atomic E-state index is 12.2. The van der Waals surface area contributed by atoms with Gasteiger partial charge in [-0.25, -0.2) is 0 Å². The van der Waals surface area contributed by atoms with Gasteiger partial charge in [-0.05, 0) is 33.1 Å². The number of amides is 1. The Morgan fingerprint density at radius 1 is 1.40 bits per heavy atom. The minimum Gasteiger partial charge on any atom is -0.480 e. The van der Waals surface area contributed by atoms with Crippen LogP contribution in [0.4, 0.5) is 0 Å². The number of hydrogen-bond acceptors (Lipinski definition) is 4. The van der Waals surface area contributed by atoms with Crippen molar-refractivity contribution >= 4 is 22.1 Å². The number of rotatable bonds is 6. The maximum Gasteiger partial charge on any atom is 0.322 e. The first-order chi connectivity index (χ1) is 9.29. The average molecular weight is 307 g/mol. The third-order valence-electron chi connectivity index (χ3n) is 3.12. The Labute approximate surface area is 118 Å². The van der Waals surface area contributed by atoms with Crippen LogP contribution in [-0.4, -0.2) is 54.9 Å². The summed E-state index contributed by atoms with van der Waals surface area (Å²) in [7, 11) is -4.00. The molecule has 0 bridgehead atoms. The van der Waals surface area contributed by atoms with E-state index in [1.54, 1.807) is 6.92 Å². The van der Waals surface area contributed by atoms with Gasteiger partial charge < -0.3 is 10.4 Å². The molecule has 1 rings (SSSR count). The van der Waals surface area contributed by atoms with Gasteiger partial charge in [0.2, 0.25) is 5.91 Å². The molecule has 3 N–H and O–H groups in total. The van der Waals surface area contributed by atoms with Gasteiger partial charge >= 0.3 is 5.97 Å². The van der Waals surface area contributed by atoms with Gasteiger partial charge in [-0.3, -0.25) is 9.59 Å². The van der Waals surface area contributed by atoms with E-state index in [9.17, 15) is 18.0 Å². The van der Waals surface area contributed by atoms with Crippen LogP contribution in [0.25, 0.3) is 0 Å². The molecule has 2 unspecified atom stereocenters. The lowest BCUT2D eigenvalue weighted by Crippen LogP contribution is -2.55. The molecule has 0 saturated carbocycles. The molecule has 1 heterocycles. The predicted octanol–water partition coefficient (Wildman–Crippen LogP) is -0.715. The van der Waals surface area contributed by atoms with Crippen molar-refractivity contribution in [1.29, 1.82) is 0 Å². The highest BCUT2D eigenvalue weighted by atomic mass is 32.2. The summed E-state index contributed by atoms with van der Waals surface area (Å²) < 4.78 is 27.5. The average Bonchev–Trinajstić information content (AvgIpc) is 2.38. The Hall–Kier alpha value is -1.19. The lowest BCUT2D eigenvalue weighted by atomic mass is 10.1. The van der Waals surface area contributed by atoms with Crippen molar-refractivity contribution in [3.63, 3.8) is 0 Å². The summed E-state index contributed by atoms with van der Waals surface area (Å²) in [5.74, 6) is -1.61. The van der Waals surface area contributed by atoms with Crippen LogP contribution in [0, 0.1) is 0 Å². The number of hydrogen-bond donors (Lipinski definition) is 3. The number of nitrogens with one attached hydrogen (secondary N) is 2. The molecule has 1 aliphatic heterocycles. The monoisotopic (exact) mass is 307 g/mol. The molecule has 1 aliphatic rings. The SMILES string of the molecule is CCNC(=O)C(C)NS(=O)(=O)N1CCCCC1C(=O)O. The van der Waals surface area contributed by atoms with Crippen LogP contribution >= 0.6 is 0 Å². The zero-order valence-corrected chi connectivity index (χ0v) is 12.4. The van der Waals surface area contributed by atoms with Gasteiger partial charge in [-0.2, -0.15) is 17.4 Å². The number of likely N-dealkylation sites (N-methyl/N-ethyl adjacent to an activating group) is 1.